The fourth-order valence-electron chi connectivity index (χ4n) is 3.43. The quantitative estimate of drug-likeness (QED) is 0.758. The van der Waals surface area contributed by atoms with Gasteiger partial charge in [-0.1, -0.05) is 13.3 Å². The third-order valence-corrected chi connectivity index (χ3v) is 7.73. The maximum atomic E-state index is 12.5. The summed E-state index contributed by atoms with van der Waals surface area (Å²) in [5.41, 5.74) is 4.46. The summed E-state index contributed by atoms with van der Waals surface area (Å²) in [5, 5.41) is 4.11. The number of hydrogen-bond donors (Lipinski definition) is 2. The Morgan fingerprint density at radius 3 is 2.77 bits per heavy atom. The number of thiophene rings is 1. The molecule has 1 amide bonds. The lowest BCUT2D eigenvalue weighted by atomic mass is 9.87. The number of hydrazine groups is 1. The Labute approximate surface area is 157 Å². The summed E-state index contributed by atoms with van der Waals surface area (Å²) in [6, 6.07) is 1.89. The molecule has 3 rings (SSSR count). The minimum atomic E-state index is -3.88. The van der Waals surface area contributed by atoms with Gasteiger partial charge in [0.2, 0.25) is 0 Å². The molecule has 142 valence electrons. The van der Waals surface area contributed by atoms with E-state index in [1.165, 1.54) is 26.5 Å². The van der Waals surface area contributed by atoms with Gasteiger partial charge >= 0.3 is 0 Å². The van der Waals surface area contributed by atoms with E-state index in [1.807, 2.05) is 6.07 Å². The average molecular weight is 397 g/mol. The van der Waals surface area contributed by atoms with Crippen molar-refractivity contribution in [2.24, 2.45) is 13.0 Å². The molecule has 0 saturated carbocycles. The number of amides is 1. The minimum absolute atomic E-state index is 0.0940. The highest BCUT2D eigenvalue weighted by molar-refractivity contribution is 7.89. The van der Waals surface area contributed by atoms with E-state index in [1.54, 1.807) is 20.9 Å². The van der Waals surface area contributed by atoms with Crippen molar-refractivity contribution in [2.75, 3.05) is 0 Å². The molecule has 0 bridgehead atoms. The van der Waals surface area contributed by atoms with Crippen molar-refractivity contribution in [1.29, 1.82) is 0 Å². The number of aromatic nitrogens is 2. The van der Waals surface area contributed by atoms with Gasteiger partial charge in [0, 0.05) is 11.9 Å². The number of carbonyl (C=O) groups is 1. The van der Waals surface area contributed by atoms with E-state index in [4.69, 9.17) is 0 Å². The van der Waals surface area contributed by atoms with E-state index < -0.39 is 15.9 Å². The van der Waals surface area contributed by atoms with Crippen molar-refractivity contribution < 1.29 is 13.2 Å². The molecular formula is C17H24N4O3S2. The Morgan fingerprint density at radius 1 is 1.42 bits per heavy atom. The van der Waals surface area contributed by atoms with Crippen molar-refractivity contribution in [1.82, 2.24) is 20.0 Å². The zero-order valence-electron chi connectivity index (χ0n) is 15.4. The van der Waals surface area contributed by atoms with Crippen LogP contribution in [0.25, 0.3) is 0 Å². The molecule has 0 unspecified atom stereocenters. The van der Waals surface area contributed by atoms with Crippen LogP contribution in [0.5, 0.6) is 0 Å². The molecule has 1 aliphatic carbocycles. The fraction of sp³-hybridized carbons (Fsp3) is 0.529. The number of nitrogens with one attached hydrogen (secondary N) is 2. The first kappa shape index (κ1) is 19.1. The van der Waals surface area contributed by atoms with E-state index in [0.717, 1.165) is 25.7 Å². The molecule has 0 aliphatic heterocycles. The van der Waals surface area contributed by atoms with Gasteiger partial charge < -0.3 is 0 Å². The number of rotatable bonds is 5. The van der Waals surface area contributed by atoms with Gasteiger partial charge in [-0.05, 0) is 50.7 Å². The number of carbonyl (C=O) groups excluding carboxylic acids is 1. The first-order chi connectivity index (χ1) is 12.2. The lowest BCUT2D eigenvalue weighted by Gasteiger charge is -2.19. The average Bonchev–Trinajstić information content (AvgIpc) is 3.13. The second kappa shape index (κ2) is 7.13. The summed E-state index contributed by atoms with van der Waals surface area (Å²) in [6.45, 7) is 5.49. The van der Waals surface area contributed by atoms with Gasteiger partial charge in [-0.3, -0.25) is 14.9 Å². The maximum absolute atomic E-state index is 12.5. The SMILES string of the molecule is CC[C@H]1CCc2sc(C(=O)NNS(=O)(=O)c3c(C)nn(C)c3C)cc2C1. The van der Waals surface area contributed by atoms with E-state index in [9.17, 15) is 13.2 Å². The Kier molecular flexibility index (Phi) is 5.23. The van der Waals surface area contributed by atoms with Crippen LogP contribution in [-0.4, -0.2) is 24.1 Å². The van der Waals surface area contributed by atoms with Gasteiger partial charge in [0.1, 0.15) is 4.90 Å². The number of hydrogen-bond acceptors (Lipinski definition) is 5. The molecule has 2 aromatic rings. The third-order valence-electron chi connectivity index (χ3n) is 5.00. The summed E-state index contributed by atoms with van der Waals surface area (Å²) >= 11 is 1.45. The lowest BCUT2D eigenvalue weighted by Crippen LogP contribution is -2.41. The normalized spacial score (nSPS) is 17.2. The molecule has 2 N–H and O–H groups in total. The van der Waals surface area contributed by atoms with E-state index in [-0.39, 0.29) is 4.90 Å². The highest BCUT2D eigenvalue weighted by atomic mass is 32.2. The summed E-state index contributed by atoms with van der Waals surface area (Å²) < 4.78 is 26.6. The second-order valence-corrected chi connectivity index (χ2v) is 9.52. The van der Waals surface area contributed by atoms with Gasteiger partial charge in [-0.2, -0.15) is 5.10 Å². The molecule has 26 heavy (non-hydrogen) atoms. The Hall–Kier alpha value is -1.71. The predicted octanol–water partition coefficient (Wildman–Crippen LogP) is 2.24. The van der Waals surface area contributed by atoms with Crippen LogP contribution in [0.4, 0.5) is 0 Å². The van der Waals surface area contributed by atoms with Crippen molar-refractivity contribution >= 4 is 27.3 Å². The molecule has 0 saturated heterocycles. The highest BCUT2D eigenvalue weighted by Gasteiger charge is 2.26. The Morgan fingerprint density at radius 2 is 2.15 bits per heavy atom. The lowest BCUT2D eigenvalue weighted by molar-refractivity contribution is 0.0949. The van der Waals surface area contributed by atoms with Crippen LogP contribution in [0.3, 0.4) is 0 Å². The van der Waals surface area contributed by atoms with Crippen LogP contribution in [0.1, 0.15) is 51.3 Å². The summed E-state index contributed by atoms with van der Waals surface area (Å²) in [4.78, 5) is 16.5. The van der Waals surface area contributed by atoms with Crippen molar-refractivity contribution in [2.45, 2.75) is 51.3 Å². The van der Waals surface area contributed by atoms with E-state index >= 15 is 0 Å². The van der Waals surface area contributed by atoms with Crippen molar-refractivity contribution in [3.8, 4) is 0 Å². The van der Waals surface area contributed by atoms with Crippen LogP contribution in [0.15, 0.2) is 11.0 Å². The maximum Gasteiger partial charge on any atom is 0.276 e. The van der Waals surface area contributed by atoms with Crippen molar-refractivity contribution in [3.63, 3.8) is 0 Å². The molecule has 1 atom stereocenters. The number of nitrogens with zero attached hydrogens (tertiary/aromatic N) is 2. The van der Waals surface area contributed by atoms with Crippen LogP contribution in [0, 0.1) is 19.8 Å². The van der Waals surface area contributed by atoms with E-state index in [2.05, 4.69) is 22.3 Å². The number of sulfonamides is 1. The van der Waals surface area contributed by atoms with Crippen LogP contribution in [-0.2, 0) is 29.9 Å². The van der Waals surface area contributed by atoms with Gasteiger partial charge in [0.15, 0.2) is 0 Å². The van der Waals surface area contributed by atoms with Gasteiger partial charge in [-0.15, -0.1) is 16.2 Å². The zero-order valence-corrected chi connectivity index (χ0v) is 17.1. The molecule has 0 fully saturated rings. The predicted molar refractivity (Wildman–Crippen MR) is 101 cm³/mol. The standard InChI is InChI=1S/C17H24N4O3S2/c1-5-12-6-7-14-13(8-12)9-15(25-14)17(22)18-20-26(23,24)16-10(2)19-21(4)11(16)3/h9,12,20H,5-8H2,1-4H3,(H,18,22)/t12-/m0/s1. The first-order valence-corrected chi connectivity index (χ1v) is 11.0. The smallest absolute Gasteiger partial charge is 0.273 e. The Bertz CT molecular complexity index is 944. The third kappa shape index (κ3) is 3.56. The monoisotopic (exact) mass is 396 g/mol. The molecule has 1 aliphatic rings. The molecule has 2 aromatic heterocycles. The molecule has 9 heteroatoms. The summed E-state index contributed by atoms with van der Waals surface area (Å²) in [7, 11) is -2.20. The summed E-state index contributed by atoms with van der Waals surface area (Å²) in [5.74, 6) is 0.239. The highest BCUT2D eigenvalue weighted by Crippen LogP contribution is 2.33. The first-order valence-electron chi connectivity index (χ1n) is 8.66. The van der Waals surface area contributed by atoms with Crippen LogP contribution in [0.2, 0.25) is 0 Å². The largest absolute Gasteiger partial charge is 0.276 e. The molecule has 2 heterocycles. The molecule has 7 nitrogen and oxygen atoms in total. The molecular weight excluding hydrogens is 372 g/mol. The van der Waals surface area contributed by atoms with Gasteiger partial charge in [0.25, 0.3) is 15.9 Å². The van der Waals surface area contributed by atoms with E-state index in [0.29, 0.717) is 22.2 Å². The van der Waals surface area contributed by atoms with Gasteiger partial charge in [0.05, 0.1) is 16.3 Å². The number of fused-ring (bicyclic) bond motifs is 1. The molecule has 0 spiro atoms. The second-order valence-electron chi connectivity index (χ2n) is 6.76. The van der Waals surface area contributed by atoms with Crippen LogP contribution >= 0.6 is 11.3 Å². The van der Waals surface area contributed by atoms with Crippen LogP contribution < -0.4 is 10.3 Å². The molecule has 0 aromatic carbocycles. The topological polar surface area (TPSA) is 93.1 Å². The fourth-order valence-corrected chi connectivity index (χ4v) is 5.81. The Balaban J connectivity index is 1.72. The summed E-state index contributed by atoms with van der Waals surface area (Å²) in [6.07, 6.45) is 4.28. The number of aryl methyl sites for hydroxylation is 3. The molecule has 0 radical (unpaired) electrons. The minimum Gasteiger partial charge on any atom is -0.273 e. The van der Waals surface area contributed by atoms with Gasteiger partial charge in [-0.25, -0.2) is 8.42 Å². The zero-order chi connectivity index (χ0) is 19.1. The van der Waals surface area contributed by atoms with Crippen molar-refractivity contribution in [3.05, 3.63) is 32.8 Å².